The Labute approximate surface area is 183 Å². The quantitative estimate of drug-likeness (QED) is 0.658. The Morgan fingerprint density at radius 1 is 0.968 bits per heavy atom. The molecule has 0 aliphatic carbocycles. The molecule has 0 bridgehead atoms. The number of nitrogens with zero attached hydrogens (tertiary/aromatic N) is 2. The first-order valence-corrected chi connectivity index (χ1v) is 11.3. The second-order valence-electron chi connectivity index (χ2n) is 7.13. The van der Waals surface area contributed by atoms with Crippen LogP contribution in [0.4, 0.5) is 5.69 Å². The van der Waals surface area contributed by atoms with E-state index in [2.05, 4.69) is 10.2 Å². The van der Waals surface area contributed by atoms with Crippen LogP contribution in [0.25, 0.3) is 6.08 Å². The molecule has 1 fully saturated rings. The highest BCUT2D eigenvalue weighted by molar-refractivity contribution is 7.89. The Morgan fingerprint density at radius 3 is 2.10 bits per heavy atom. The van der Waals surface area contributed by atoms with E-state index < -0.39 is 10.0 Å². The van der Waals surface area contributed by atoms with Crippen LogP contribution in [0, 0.1) is 0 Å². The highest BCUT2D eigenvalue weighted by atomic mass is 32.2. The molecule has 0 saturated carbocycles. The van der Waals surface area contributed by atoms with Gasteiger partial charge in [0.25, 0.3) is 0 Å². The molecule has 3 rings (SSSR count). The van der Waals surface area contributed by atoms with E-state index in [1.165, 1.54) is 22.5 Å². The molecule has 31 heavy (non-hydrogen) atoms. The van der Waals surface area contributed by atoms with Crippen LogP contribution < -0.4 is 14.8 Å². The van der Waals surface area contributed by atoms with Crippen LogP contribution in [0.2, 0.25) is 0 Å². The zero-order chi connectivity index (χ0) is 22.4. The van der Waals surface area contributed by atoms with E-state index in [9.17, 15) is 13.2 Å². The van der Waals surface area contributed by atoms with E-state index in [1.807, 2.05) is 7.05 Å². The average molecular weight is 446 g/mol. The number of ether oxygens (including phenoxy) is 2. The van der Waals surface area contributed by atoms with Crippen molar-refractivity contribution in [2.24, 2.45) is 0 Å². The molecule has 0 spiro atoms. The first kappa shape index (κ1) is 22.8. The lowest BCUT2D eigenvalue weighted by atomic mass is 10.1. The predicted octanol–water partition coefficient (Wildman–Crippen LogP) is 2.29. The van der Waals surface area contributed by atoms with Crippen LogP contribution in [-0.4, -0.2) is 71.0 Å². The summed E-state index contributed by atoms with van der Waals surface area (Å²) < 4.78 is 37.7. The van der Waals surface area contributed by atoms with Gasteiger partial charge >= 0.3 is 0 Å². The Kier molecular flexibility index (Phi) is 7.32. The molecule has 8 nitrogen and oxygen atoms in total. The molecule has 1 saturated heterocycles. The van der Waals surface area contributed by atoms with Crippen LogP contribution in [0.3, 0.4) is 0 Å². The van der Waals surface area contributed by atoms with Gasteiger partial charge in [-0.2, -0.15) is 4.31 Å². The van der Waals surface area contributed by atoms with Crippen molar-refractivity contribution >= 4 is 27.7 Å². The summed E-state index contributed by atoms with van der Waals surface area (Å²) in [6.45, 7) is 2.34. The number of sulfonamides is 1. The van der Waals surface area contributed by atoms with Gasteiger partial charge in [0, 0.05) is 37.9 Å². The fraction of sp³-hybridized carbons (Fsp3) is 0.318. The Hall–Kier alpha value is -2.88. The number of carbonyl (C=O) groups is 1. The number of benzene rings is 2. The lowest BCUT2D eigenvalue weighted by Crippen LogP contribution is -2.46. The summed E-state index contributed by atoms with van der Waals surface area (Å²) in [6.07, 6.45) is 2.98. The van der Waals surface area contributed by atoms with Crippen LogP contribution in [-0.2, 0) is 14.8 Å². The lowest BCUT2D eigenvalue weighted by Gasteiger charge is -2.31. The second kappa shape index (κ2) is 9.95. The number of amides is 1. The van der Waals surface area contributed by atoms with Crippen LogP contribution in [0.5, 0.6) is 11.5 Å². The van der Waals surface area contributed by atoms with Gasteiger partial charge < -0.3 is 19.7 Å². The Morgan fingerprint density at radius 2 is 1.55 bits per heavy atom. The average Bonchev–Trinajstić information content (AvgIpc) is 2.78. The molecule has 1 aliphatic heterocycles. The number of piperazine rings is 1. The monoisotopic (exact) mass is 445 g/mol. The van der Waals surface area contributed by atoms with Crippen LogP contribution in [0.1, 0.15) is 5.56 Å². The number of rotatable bonds is 7. The van der Waals surface area contributed by atoms with Gasteiger partial charge in [-0.25, -0.2) is 8.42 Å². The van der Waals surface area contributed by atoms with E-state index >= 15 is 0 Å². The number of nitrogens with one attached hydrogen (secondary N) is 1. The number of methoxy groups -OCH3 is 2. The smallest absolute Gasteiger partial charge is 0.248 e. The summed E-state index contributed by atoms with van der Waals surface area (Å²) in [5.41, 5.74) is 1.15. The van der Waals surface area contributed by atoms with Gasteiger partial charge in [0.2, 0.25) is 15.9 Å². The van der Waals surface area contributed by atoms with Crippen molar-refractivity contribution in [2.45, 2.75) is 4.90 Å². The van der Waals surface area contributed by atoms with E-state index in [1.54, 1.807) is 50.6 Å². The second-order valence-corrected chi connectivity index (χ2v) is 9.07. The molecule has 1 amide bonds. The zero-order valence-electron chi connectivity index (χ0n) is 17.9. The van der Waals surface area contributed by atoms with Crippen molar-refractivity contribution < 1.29 is 22.7 Å². The summed E-state index contributed by atoms with van der Waals surface area (Å²) in [7, 11) is 1.52. The minimum absolute atomic E-state index is 0.212. The standard InChI is InChI=1S/C22H27N3O5S/c1-24-13-15-25(16-14-24)31(27,28)18-9-7-17(8-10-18)23-22(26)12-11-19-20(29-2)5-4-6-21(19)30-3/h4-12H,13-16H2,1-3H3,(H,23,26)/b12-11+. The maximum atomic E-state index is 12.8. The normalized spacial score (nSPS) is 15.7. The van der Waals surface area contributed by atoms with Crippen molar-refractivity contribution in [1.82, 2.24) is 9.21 Å². The molecule has 0 radical (unpaired) electrons. The van der Waals surface area contributed by atoms with Crippen molar-refractivity contribution in [3.05, 3.63) is 54.1 Å². The number of carbonyl (C=O) groups excluding carboxylic acids is 1. The van der Waals surface area contributed by atoms with E-state index in [4.69, 9.17) is 9.47 Å². The molecule has 0 unspecified atom stereocenters. The molecular weight excluding hydrogens is 418 g/mol. The van der Waals surface area contributed by atoms with Crippen molar-refractivity contribution in [1.29, 1.82) is 0 Å². The molecule has 2 aromatic carbocycles. The molecule has 0 atom stereocenters. The molecule has 0 aromatic heterocycles. The van der Waals surface area contributed by atoms with Crippen molar-refractivity contribution in [2.75, 3.05) is 52.8 Å². The van der Waals surface area contributed by atoms with Crippen molar-refractivity contribution in [3.63, 3.8) is 0 Å². The van der Waals surface area contributed by atoms with Crippen LogP contribution >= 0.6 is 0 Å². The van der Waals surface area contributed by atoms with E-state index in [0.717, 1.165) is 0 Å². The fourth-order valence-corrected chi connectivity index (χ4v) is 4.70. The maximum absolute atomic E-state index is 12.8. The van der Waals surface area contributed by atoms with Gasteiger partial charge in [0.15, 0.2) is 0 Å². The number of hydrogen-bond donors (Lipinski definition) is 1. The first-order valence-electron chi connectivity index (χ1n) is 9.84. The van der Waals surface area contributed by atoms with Crippen LogP contribution in [0.15, 0.2) is 53.4 Å². The minimum atomic E-state index is -3.54. The third-order valence-electron chi connectivity index (χ3n) is 5.09. The predicted molar refractivity (Wildman–Crippen MR) is 120 cm³/mol. The third kappa shape index (κ3) is 5.43. The lowest BCUT2D eigenvalue weighted by molar-refractivity contribution is -0.111. The molecule has 1 heterocycles. The summed E-state index contributed by atoms with van der Waals surface area (Å²) >= 11 is 0. The molecule has 1 aliphatic rings. The Balaban J connectivity index is 1.68. The highest BCUT2D eigenvalue weighted by Crippen LogP contribution is 2.29. The van der Waals surface area contributed by atoms with Gasteiger partial charge in [-0.3, -0.25) is 4.79 Å². The molecule has 166 valence electrons. The minimum Gasteiger partial charge on any atom is -0.496 e. The SMILES string of the molecule is COc1cccc(OC)c1/C=C/C(=O)Nc1ccc(S(=O)(=O)N2CCN(C)CC2)cc1. The summed E-state index contributed by atoms with van der Waals surface area (Å²) in [4.78, 5) is 14.6. The van der Waals surface area contributed by atoms with Gasteiger partial charge in [-0.1, -0.05) is 6.07 Å². The van der Waals surface area contributed by atoms with Gasteiger partial charge in [-0.05, 0) is 49.5 Å². The summed E-state index contributed by atoms with van der Waals surface area (Å²) in [5, 5.41) is 2.73. The summed E-state index contributed by atoms with van der Waals surface area (Å²) in [6, 6.07) is 11.5. The van der Waals surface area contributed by atoms with Crippen molar-refractivity contribution in [3.8, 4) is 11.5 Å². The summed E-state index contributed by atoms with van der Waals surface area (Å²) in [5.74, 6) is 0.811. The molecule has 2 aromatic rings. The Bertz CT molecular complexity index is 1020. The topological polar surface area (TPSA) is 88.2 Å². The fourth-order valence-electron chi connectivity index (χ4n) is 3.27. The maximum Gasteiger partial charge on any atom is 0.248 e. The highest BCUT2D eigenvalue weighted by Gasteiger charge is 2.27. The van der Waals surface area contributed by atoms with Gasteiger partial charge in [0.1, 0.15) is 11.5 Å². The van der Waals surface area contributed by atoms with Gasteiger partial charge in [-0.15, -0.1) is 0 Å². The molecule has 1 N–H and O–H groups in total. The third-order valence-corrected chi connectivity index (χ3v) is 7.00. The van der Waals surface area contributed by atoms with Gasteiger partial charge in [0.05, 0.1) is 24.7 Å². The molecular formula is C22H27N3O5S. The zero-order valence-corrected chi connectivity index (χ0v) is 18.7. The molecule has 9 heteroatoms. The first-order chi connectivity index (χ1) is 14.8. The number of hydrogen-bond acceptors (Lipinski definition) is 6. The number of likely N-dealkylation sites (N-methyl/N-ethyl adjacent to an activating group) is 1. The number of anilines is 1. The van der Waals surface area contributed by atoms with E-state index in [-0.39, 0.29) is 10.8 Å². The van der Waals surface area contributed by atoms with E-state index in [0.29, 0.717) is 48.9 Å². The largest absolute Gasteiger partial charge is 0.496 e.